The van der Waals surface area contributed by atoms with Crippen LogP contribution in [0.15, 0.2) is 12.2 Å². The molecule has 0 atom stereocenters. The van der Waals surface area contributed by atoms with Crippen LogP contribution < -0.4 is 0 Å². The van der Waals surface area contributed by atoms with Gasteiger partial charge in [-0.05, 0) is 25.2 Å². The molecule has 0 aromatic carbocycles. The molecule has 0 nitrogen and oxygen atoms in total. The molecule has 0 spiro atoms. The summed E-state index contributed by atoms with van der Waals surface area (Å²) in [4.78, 5) is 0. The van der Waals surface area contributed by atoms with Gasteiger partial charge in [0.25, 0.3) is 0 Å². The third-order valence-corrected chi connectivity index (χ3v) is 1.61. The molecule has 1 aliphatic carbocycles. The molecule has 0 N–H and O–H groups in total. The van der Waals surface area contributed by atoms with Crippen LogP contribution in [-0.4, -0.2) is 0 Å². The molecule has 0 heterocycles. The maximum absolute atomic E-state index is 2.30. The molecule has 1 saturated carbocycles. The van der Waals surface area contributed by atoms with Crippen molar-refractivity contribution in [2.45, 2.75) is 26.7 Å². The van der Waals surface area contributed by atoms with E-state index >= 15 is 0 Å². The van der Waals surface area contributed by atoms with Crippen molar-refractivity contribution in [2.24, 2.45) is 5.41 Å². The van der Waals surface area contributed by atoms with E-state index in [-0.39, 0.29) is 0 Å². The summed E-state index contributed by atoms with van der Waals surface area (Å²) < 4.78 is 0. The van der Waals surface area contributed by atoms with Crippen molar-refractivity contribution in [3.8, 4) is 0 Å². The van der Waals surface area contributed by atoms with Gasteiger partial charge >= 0.3 is 0 Å². The minimum absolute atomic E-state index is 0.620. The summed E-state index contributed by atoms with van der Waals surface area (Å²) in [6, 6.07) is 0. The largest absolute Gasteiger partial charge is 0.0911 e. The Hall–Kier alpha value is -0.260. The molecule has 0 aromatic rings. The minimum Gasteiger partial charge on any atom is -0.0911 e. The highest BCUT2D eigenvalue weighted by Gasteiger charge is 2.33. The van der Waals surface area contributed by atoms with E-state index in [0.29, 0.717) is 5.41 Å². The number of allylic oxidation sites excluding steroid dienone is 2. The molecule has 0 saturated heterocycles. The lowest BCUT2D eigenvalue weighted by Gasteiger charge is -1.93. The SMILES string of the molecule is C/C=C/C1(C)CC1. The fraction of sp³-hybridized carbons (Fsp3) is 0.714. The molecule has 1 fully saturated rings. The second kappa shape index (κ2) is 1.36. The Bertz CT molecular complexity index is 86.2. The highest BCUT2D eigenvalue weighted by Crippen LogP contribution is 2.46. The maximum atomic E-state index is 2.30. The van der Waals surface area contributed by atoms with Crippen molar-refractivity contribution in [1.82, 2.24) is 0 Å². The minimum atomic E-state index is 0.620. The molecule has 0 bridgehead atoms. The van der Waals surface area contributed by atoms with Crippen LogP contribution in [0.5, 0.6) is 0 Å². The van der Waals surface area contributed by atoms with Crippen LogP contribution in [0.25, 0.3) is 0 Å². The molecule has 40 valence electrons. The van der Waals surface area contributed by atoms with Gasteiger partial charge in [0.2, 0.25) is 0 Å². The summed E-state index contributed by atoms with van der Waals surface area (Å²) in [6.45, 7) is 4.39. The summed E-state index contributed by atoms with van der Waals surface area (Å²) in [6.07, 6.45) is 7.24. The van der Waals surface area contributed by atoms with Crippen LogP contribution in [0.4, 0.5) is 0 Å². The molecule has 7 heavy (non-hydrogen) atoms. The second-order valence-electron chi connectivity index (χ2n) is 2.65. The Kier molecular flexibility index (Phi) is 0.949. The van der Waals surface area contributed by atoms with Crippen molar-refractivity contribution in [1.29, 1.82) is 0 Å². The van der Waals surface area contributed by atoms with Gasteiger partial charge in [-0.2, -0.15) is 0 Å². The number of rotatable bonds is 1. The van der Waals surface area contributed by atoms with E-state index in [4.69, 9.17) is 0 Å². The highest BCUT2D eigenvalue weighted by molar-refractivity contribution is 5.05. The fourth-order valence-corrected chi connectivity index (χ4v) is 0.766. The average molecular weight is 96.2 g/mol. The van der Waals surface area contributed by atoms with Gasteiger partial charge in [0.05, 0.1) is 0 Å². The van der Waals surface area contributed by atoms with Crippen LogP contribution >= 0.6 is 0 Å². The molecule has 0 aliphatic heterocycles. The first kappa shape index (κ1) is 4.89. The van der Waals surface area contributed by atoms with Crippen molar-refractivity contribution in [3.05, 3.63) is 12.2 Å². The van der Waals surface area contributed by atoms with Gasteiger partial charge in [-0.25, -0.2) is 0 Å². The zero-order valence-corrected chi connectivity index (χ0v) is 5.07. The lowest BCUT2D eigenvalue weighted by Crippen LogP contribution is -1.81. The van der Waals surface area contributed by atoms with Gasteiger partial charge in [0.15, 0.2) is 0 Å². The fourth-order valence-electron chi connectivity index (χ4n) is 0.766. The van der Waals surface area contributed by atoms with Crippen LogP contribution in [0, 0.1) is 5.41 Å². The third kappa shape index (κ3) is 1.05. The van der Waals surface area contributed by atoms with Gasteiger partial charge in [-0.15, -0.1) is 0 Å². The van der Waals surface area contributed by atoms with Gasteiger partial charge < -0.3 is 0 Å². The van der Waals surface area contributed by atoms with Crippen LogP contribution in [0.2, 0.25) is 0 Å². The zero-order chi connectivity index (χ0) is 5.33. The Morgan fingerprint density at radius 3 is 2.14 bits per heavy atom. The van der Waals surface area contributed by atoms with E-state index in [1.807, 2.05) is 0 Å². The van der Waals surface area contributed by atoms with Crippen molar-refractivity contribution < 1.29 is 0 Å². The van der Waals surface area contributed by atoms with E-state index in [9.17, 15) is 0 Å². The van der Waals surface area contributed by atoms with E-state index in [1.54, 1.807) is 0 Å². The lowest BCUT2D eigenvalue weighted by molar-refractivity contribution is 0.746. The molecule has 0 amide bonds. The van der Waals surface area contributed by atoms with E-state index in [1.165, 1.54) is 12.8 Å². The normalized spacial score (nSPS) is 26.0. The van der Waals surface area contributed by atoms with Crippen LogP contribution in [-0.2, 0) is 0 Å². The van der Waals surface area contributed by atoms with E-state index < -0.39 is 0 Å². The Morgan fingerprint density at radius 1 is 1.43 bits per heavy atom. The third-order valence-electron chi connectivity index (χ3n) is 1.61. The summed E-state index contributed by atoms with van der Waals surface area (Å²) in [5.74, 6) is 0. The summed E-state index contributed by atoms with van der Waals surface area (Å²) in [7, 11) is 0. The predicted octanol–water partition coefficient (Wildman–Crippen LogP) is 2.36. The highest BCUT2D eigenvalue weighted by atomic mass is 14.4. The molecule has 0 radical (unpaired) electrons. The summed E-state index contributed by atoms with van der Waals surface area (Å²) in [5.41, 5.74) is 0.620. The Morgan fingerprint density at radius 2 is 2.00 bits per heavy atom. The predicted molar refractivity (Wildman–Crippen MR) is 32.2 cm³/mol. The molecular formula is C7H12. The summed E-state index contributed by atoms with van der Waals surface area (Å²) in [5, 5.41) is 0. The Labute approximate surface area is 45.2 Å². The van der Waals surface area contributed by atoms with Crippen molar-refractivity contribution in [3.63, 3.8) is 0 Å². The molecule has 0 unspecified atom stereocenters. The van der Waals surface area contributed by atoms with Gasteiger partial charge in [0, 0.05) is 0 Å². The Balaban J connectivity index is 2.40. The molecule has 1 aliphatic rings. The number of hydrogen-bond acceptors (Lipinski definition) is 0. The topological polar surface area (TPSA) is 0 Å². The molecule has 0 heteroatoms. The first-order valence-electron chi connectivity index (χ1n) is 2.91. The van der Waals surface area contributed by atoms with Gasteiger partial charge in [-0.1, -0.05) is 19.1 Å². The van der Waals surface area contributed by atoms with Crippen LogP contribution in [0.1, 0.15) is 26.7 Å². The lowest BCUT2D eigenvalue weighted by atomic mass is 10.1. The smallest absolute Gasteiger partial charge is 0.0146 e. The number of hydrogen-bond donors (Lipinski definition) is 0. The maximum Gasteiger partial charge on any atom is -0.0146 e. The van der Waals surface area contributed by atoms with Crippen LogP contribution in [0.3, 0.4) is 0 Å². The van der Waals surface area contributed by atoms with Crippen molar-refractivity contribution >= 4 is 0 Å². The monoisotopic (exact) mass is 96.1 g/mol. The molecule has 1 rings (SSSR count). The van der Waals surface area contributed by atoms with Crippen molar-refractivity contribution in [2.75, 3.05) is 0 Å². The standard InChI is InChI=1S/C7H12/c1-3-4-7(2)5-6-7/h3-4H,5-6H2,1-2H3/b4-3+. The second-order valence-corrected chi connectivity index (χ2v) is 2.65. The van der Waals surface area contributed by atoms with Gasteiger partial charge in [-0.3, -0.25) is 0 Å². The zero-order valence-electron chi connectivity index (χ0n) is 5.07. The van der Waals surface area contributed by atoms with E-state index in [2.05, 4.69) is 26.0 Å². The first-order chi connectivity index (χ1) is 3.27. The average Bonchev–Trinajstić information content (AvgIpc) is 2.22. The van der Waals surface area contributed by atoms with Gasteiger partial charge in [0.1, 0.15) is 0 Å². The van der Waals surface area contributed by atoms with E-state index in [0.717, 1.165) is 0 Å². The summed E-state index contributed by atoms with van der Waals surface area (Å²) >= 11 is 0. The molecule has 0 aromatic heterocycles. The quantitative estimate of drug-likeness (QED) is 0.439. The first-order valence-corrected chi connectivity index (χ1v) is 2.91. The molecular weight excluding hydrogens is 84.1 g/mol.